The molecule has 2 unspecified atom stereocenters. The van der Waals surface area contributed by atoms with E-state index in [9.17, 15) is 10.2 Å². The van der Waals surface area contributed by atoms with Crippen molar-refractivity contribution < 1.29 is 29.9 Å². The molecule has 14 heavy (non-hydrogen) atoms. The van der Waals surface area contributed by atoms with Gasteiger partial charge in [0.25, 0.3) is 0 Å². The molecule has 0 aromatic carbocycles. The molecule has 0 bridgehead atoms. The van der Waals surface area contributed by atoms with E-state index in [-0.39, 0.29) is 26.2 Å². The third kappa shape index (κ3) is 2.88. The Morgan fingerprint density at radius 1 is 1.29 bits per heavy atom. The summed E-state index contributed by atoms with van der Waals surface area (Å²) in [5, 5.41) is 36.0. The molecule has 0 amide bonds. The second-order valence-electron chi connectivity index (χ2n) is 3.17. The van der Waals surface area contributed by atoms with Crippen LogP contribution in [0, 0.1) is 0 Å². The zero-order valence-corrected chi connectivity index (χ0v) is 7.74. The Bertz CT molecular complexity index is 164. The van der Waals surface area contributed by atoms with Crippen molar-refractivity contribution >= 4 is 0 Å². The lowest BCUT2D eigenvalue weighted by atomic mass is 10.0. The van der Waals surface area contributed by atoms with E-state index in [2.05, 4.69) is 0 Å². The van der Waals surface area contributed by atoms with Gasteiger partial charge in [-0.05, 0) is 0 Å². The van der Waals surface area contributed by atoms with Crippen molar-refractivity contribution in [3.63, 3.8) is 0 Å². The number of aliphatic hydroxyl groups is 4. The van der Waals surface area contributed by atoms with Crippen molar-refractivity contribution in [2.75, 3.05) is 19.8 Å². The monoisotopic (exact) mass is 208 g/mol. The Kier molecular flexibility index (Phi) is 4.73. The maximum absolute atomic E-state index is 9.37. The van der Waals surface area contributed by atoms with Crippen LogP contribution < -0.4 is 0 Å². The second-order valence-corrected chi connectivity index (χ2v) is 3.17. The van der Waals surface area contributed by atoms with Crippen molar-refractivity contribution in [1.82, 2.24) is 0 Å². The molecule has 0 spiro atoms. The van der Waals surface area contributed by atoms with Gasteiger partial charge < -0.3 is 29.9 Å². The van der Waals surface area contributed by atoms with Gasteiger partial charge in [-0.3, -0.25) is 0 Å². The van der Waals surface area contributed by atoms with E-state index in [4.69, 9.17) is 19.7 Å². The molecule has 0 aromatic heterocycles. The van der Waals surface area contributed by atoms with E-state index < -0.39 is 24.6 Å². The van der Waals surface area contributed by atoms with Gasteiger partial charge in [0, 0.05) is 6.42 Å². The van der Waals surface area contributed by atoms with Gasteiger partial charge in [-0.1, -0.05) is 0 Å². The third-order valence-electron chi connectivity index (χ3n) is 2.11. The zero-order chi connectivity index (χ0) is 10.6. The molecule has 0 saturated carbocycles. The van der Waals surface area contributed by atoms with E-state index in [0.29, 0.717) is 0 Å². The second kappa shape index (κ2) is 5.59. The van der Waals surface area contributed by atoms with Gasteiger partial charge in [-0.15, -0.1) is 0 Å². The van der Waals surface area contributed by atoms with Crippen LogP contribution in [-0.4, -0.2) is 64.8 Å². The maximum atomic E-state index is 9.37. The first-order valence-corrected chi connectivity index (χ1v) is 4.54. The van der Waals surface area contributed by atoms with Gasteiger partial charge in [0.2, 0.25) is 0 Å². The molecule has 4 N–H and O–H groups in total. The van der Waals surface area contributed by atoms with E-state index in [1.807, 2.05) is 0 Å². The molecule has 1 aliphatic rings. The van der Waals surface area contributed by atoms with E-state index >= 15 is 0 Å². The molecule has 0 aromatic rings. The minimum absolute atomic E-state index is 0.103. The fourth-order valence-electron chi connectivity index (χ4n) is 1.36. The largest absolute Gasteiger partial charge is 0.394 e. The fraction of sp³-hybridized carbons (Fsp3) is 1.00. The van der Waals surface area contributed by atoms with E-state index in [1.54, 1.807) is 0 Å². The first-order valence-electron chi connectivity index (χ1n) is 4.54. The first kappa shape index (κ1) is 11.8. The summed E-state index contributed by atoms with van der Waals surface area (Å²) in [7, 11) is 0. The summed E-state index contributed by atoms with van der Waals surface area (Å²) in [5.74, 6) is 0. The highest BCUT2D eigenvalue weighted by Crippen LogP contribution is 2.20. The van der Waals surface area contributed by atoms with E-state index in [1.165, 1.54) is 0 Å². The molecule has 6 nitrogen and oxygen atoms in total. The van der Waals surface area contributed by atoms with Gasteiger partial charge in [0.1, 0.15) is 12.2 Å². The lowest BCUT2D eigenvalue weighted by Gasteiger charge is -2.35. The lowest BCUT2D eigenvalue weighted by molar-refractivity contribution is -0.258. The molecule has 1 saturated heterocycles. The Labute approximate surface area is 81.7 Å². The first-order chi connectivity index (χ1) is 6.69. The molecule has 0 aliphatic carbocycles. The average Bonchev–Trinajstić information content (AvgIpc) is 2.19. The Balaban J connectivity index is 2.41. The standard InChI is InChI=1S/C8H16O6/c9-1-2-13-7-3-5(11)8(12)6(4-10)14-7/h5-12H,1-4H2/t5-,6?,7-,8?/m1/s1. The topological polar surface area (TPSA) is 99.4 Å². The smallest absolute Gasteiger partial charge is 0.160 e. The van der Waals surface area contributed by atoms with Crippen LogP contribution in [0.4, 0.5) is 0 Å². The summed E-state index contributed by atoms with van der Waals surface area (Å²) in [5.41, 5.74) is 0. The minimum Gasteiger partial charge on any atom is -0.394 e. The highest BCUT2D eigenvalue weighted by molar-refractivity contribution is 4.82. The lowest BCUT2D eigenvalue weighted by Crippen LogP contribution is -2.50. The summed E-state index contributed by atoms with van der Waals surface area (Å²) >= 11 is 0. The Morgan fingerprint density at radius 2 is 2.00 bits per heavy atom. The number of aliphatic hydroxyl groups excluding tert-OH is 4. The van der Waals surface area contributed by atoms with Crippen molar-refractivity contribution in [1.29, 1.82) is 0 Å². The van der Waals surface area contributed by atoms with Crippen LogP contribution in [-0.2, 0) is 9.47 Å². The number of rotatable bonds is 4. The van der Waals surface area contributed by atoms with Gasteiger partial charge >= 0.3 is 0 Å². The maximum Gasteiger partial charge on any atom is 0.160 e. The molecule has 4 atom stereocenters. The molecule has 1 aliphatic heterocycles. The van der Waals surface area contributed by atoms with Crippen molar-refractivity contribution in [3.05, 3.63) is 0 Å². The third-order valence-corrected chi connectivity index (χ3v) is 2.11. The molecular formula is C8H16O6. The van der Waals surface area contributed by atoms with Crippen molar-refractivity contribution in [2.45, 2.75) is 31.0 Å². The van der Waals surface area contributed by atoms with Crippen LogP contribution >= 0.6 is 0 Å². The molecule has 0 radical (unpaired) electrons. The average molecular weight is 208 g/mol. The molecule has 6 heteroatoms. The molecule has 84 valence electrons. The van der Waals surface area contributed by atoms with Crippen LogP contribution in [0.2, 0.25) is 0 Å². The summed E-state index contributed by atoms with van der Waals surface area (Å²) in [6.07, 6.45) is -3.43. The summed E-state index contributed by atoms with van der Waals surface area (Å²) in [6, 6.07) is 0. The molecule has 1 rings (SSSR count). The summed E-state index contributed by atoms with van der Waals surface area (Å²) in [6.45, 7) is -0.412. The van der Waals surface area contributed by atoms with Gasteiger partial charge in [-0.25, -0.2) is 0 Å². The van der Waals surface area contributed by atoms with Crippen LogP contribution in [0.5, 0.6) is 0 Å². The Morgan fingerprint density at radius 3 is 2.57 bits per heavy atom. The van der Waals surface area contributed by atoms with Gasteiger partial charge in [-0.2, -0.15) is 0 Å². The van der Waals surface area contributed by atoms with Crippen LogP contribution in [0.25, 0.3) is 0 Å². The van der Waals surface area contributed by atoms with Crippen molar-refractivity contribution in [2.24, 2.45) is 0 Å². The number of hydrogen-bond acceptors (Lipinski definition) is 6. The Hall–Kier alpha value is -0.240. The predicted molar refractivity (Wildman–Crippen MR) is 45.4 cm³/mol. The zero-order valence-electron chi connectivity index (χ0n) is 7.74. The quantitative estimate of drug-likeness (QED) is 0.419. The van der Waals surface area contributed by atoms with Crippen LogP contribution in [0.1, 0.15) is 6.42 Å². The minimum atomic E-state index is -1.09. The molecule has 1 heterocycles. The fourth-order valence-corrected chi connectivity index (χ4v) is 1.36. The normalized spacial score (nSPS) is 38.6. The van der Waals surface area contributed by atoms with Gasteiger partial charge in [0.15, 0.2) is 6.29 Å². The number of ether oxygens (including phenoxy) is 2. The molecule has 1 fully saturated rings. The SMILES string of the molecule is OCCO[C@H]1C[C@@H](O)C(O)C(CO)O1. The van der Waals surface area contributed by atoms with Crippen molar-refractivity contribution in [3.8, 4) is 0 Å². The van der Waals surface area contributed by atoms with E-state index in [0.717, 1.165) is 0 Å². The predicted octanol–water partition coefficient (Wildman–Crippen LogP) is -2.18. The van der Waals surface area contributed by atoms with Gasteiger partial charge in [0.05, 0.1) is 25.9 Å². The molecular weight excluding hydrogens is 192 g/mol. The summed E-state index contributed by atoms with van der Waals surface area (Å²) < 4.78 is 10.2. The van der Waals surface area contributed by atoms with Crippen LogP contribution in [0.3, 0.4) is 0 Å². The highest BCUT2D eigenvalue weighted by atomic mass is 16.7. The number of hydrogen-bond donors (Lipinski definition) is 4. The summed E-state index contributed by atoms with van der Waals surface area (Å²) in [4.78, 5) is 0. The highest BCUT2D eigenvalue weighted by Gasteiger charge is 2.36. The van der Waals surface area contributed by atoms with Crippen LogP contribution in [0.15, 0.2) is 0 Å².